The minimum atomic E-state index is -0.698. The van der Waals surface area contributed by atoms with Gasteiger partial charge in [0.2, 0.25) is 0 Å². The van der Waals surface area contributed by atoms with Crippen LogP contribution in [0.5, 0.6) is 5.75 Å². The van der Waals surface area contributed by atoms with E-state index < -0.39 is 6.04 Å². The Hall–Kier alpha value is -3.40. The van der Waals surface area contributed by atoms with Gasteiger partial charge in [-0.25, -0.2) is 0 Å². The molecule has 1 N–H and O–H groups in total. The van der Waals surface area contributed by atoms with Gasteiger partial charge in [0.1, 0.15) is 5.75 Å². The predicted octanol–water partition coefficient (Wildman–Crippen LogP) is 4.63. The fourth-order valence-electron chi connectivity index (χ4n) is 2.89. The third-order valence-corrected chi connectivity index (χ3v) is 4.30. The largest absolute Gasteiger partial charge is 0.495 e. The zero-order valence-corrected chi connectivity index (χ0v) is 15.1. The molecule has 0 radical (unpaired) electrons. The summed E-state index contributed by atoms with van der Waals surface area (Å²) in [5, 5.41) is 3.20. The van der Waals surface area contributed by atoms with Crippen molar-refractivity contribution in [2.45, 2.75) is 12.5 Å². The topological polar surface area (TPSA) is 55.4 Å². The molecule has 1 atom stereocenters. The maximum Gasteiger partial charge on any atom is 0.185 e. The first kappa shape index (κ1) is 18.4. The molecule has 0 amide bonds. The Balaban J connectivity index is 1.88. The van der Waals surface area contributed by atoms with Gasteiger partial charge in [-0.3, -0.25) is 9.59 Å². The van der Waals surface area contributed by atoms with Crippen molar-refractivity contribution >= 4 is 17.3 Å². The van der Waals surface area contributed by atoms with E-state index in [4.69, 9.17) is 4.74 Å². The van der Waals surface area contributed by atoms with Crippen LogP contribution in [0.25, 0.3) is 0 Å². The Morgan fingerprint density at radius 2 is 1.37 bits per heavy atom. The summed E-state index contributed by atoms with van der Waals surface area (Å²) in [4.78, 5) is 25.8. The molecule has 0 saturated carbocycles. The summed E-state index contributed by atoms with van der Waals surface area (Å²) in [5.74, 6) is 0.397. The van der Waals surface area contributed by atoms with Crippen LogP contribution in [0, 0.1) is 0 Å². The Morgan fingerprint density at radius 1 is 0.815 bits per heavy atom. The zero-order valence-electron chi connectivity index (χ0n) is 15.1. The second-order valence-electron chi connectivity index (χ2n) is 6.12. The van der Waals surface area contributed by atoms with E-state index in [0.29, 0.717) is 22.6 Å². The monoisotopic (exact) mass is 359 g/mol. The number of hydrogen-bond donors (Lipinski definition) is 1. The lowest BCUT2D eigenvalue weighted by atomic mass is 9.96. The number of anilines is 1. The number of para-hydroxylation sites is 2. The average molecular weight is 359 g/mol. The summed E-state index contributed by atoms with van der Waals surface area (Å²) in [6, 6.07) is 24.7. The molecule has 3 aromatic rings. The molecule has 3 aromatic carbocycles. The van der Waals surface area contributed by atoms with Gasteiger partial charge in [-0.05, 0) is 12.1 Å². The third-order valence-electron chi connectivity index (χ3n) is 4.30. The minimum absolute atomic E-state index is 0.0514. The number of carbonyl (C=O) groups excluding carboxylic acids is 2. The Kier molecular flexibility index (Phi) is 6.00. The van der Waals surface area contributed by atoms with Crippen molar-refractivity contribution in [1.82, 2.24) is 0 Å². The third kappa shape index (κ3) is 4.61. The fraction of sp³-hybridized carbons (Fsp3) is 0.130. The van der Waals surface area contributed by atoms with Crippen LogP contribution < -0.4 is 10.1 Å². The summed E-state index contributed by atoms with van der Waals surface area (Å²) >= 11 is 0. The van der Waals surface area contributed by atoms with Crippen LogP contribution in [0.1, 0.15) is 27.1 Å². The highest BCUT2D eigenvalue weighted by Crippen LogP contribution is 2.25. The van der Waals surface area contributed by atoms with Gasteiger partial charge in [-0.1, -0.05) is 72.8 Å². The molecule has 0 heterocycles. The molecule has 0 saturated heterocycles. The lowest BCUT2D eigenvalue weighted by Crippen LogP contribution is -2.32. The van der Waals surface area contributed by atoms with E-state index in [1.807, 2.05) is 60.7 Å². The molecule has 0 aliphatic rings. The minimum Gasteiger partial charge on any atom is -0.495 e. The first-order chi connectivity index (χ1) is 13.2. The first-order valence-corrected chi connectivity index (χ1v) is 8.76. The van der Waals surface area contributed by atoms with E-state index in [0.717, 1.165) is 0 Å². The number of ether oxygens (including phenoxy) is 1. The number of rotatable bonds is 8. The van der Waals surface area contributed by atoms with E-state index in [1.54, 1.807) is 31.4 Å². The van der Waals surface area contributed by atoms with Crippen LogP contribution in [0.4, 0.5) is 5.69 Å². The van der Waals surface area contributed by atoms with Crippen molar-refractivity contribution in [1.29, 1.82) is 0 Å². The number of Topliss-reactive ketones (excluding diaryl/α,β-unsaturated/α-hetero) is 2. The van der Waals surface area contributed by atoms with Crippen LogP contribution in [-0.4, -0.2) is 24.7 Å². The molecule has 136 valence electrons. The smallest absolute Gasteiger partial charge is 0.185 e. The van der Waals surface area contributed by atoms with Crippen LogP contribution in [0.2, 0.25) is 0 Å². The molecule has 3 rings (SSSR count). The maximum atomic E-state index is 13.1. The van der Waals surface area contributed by atoms with E-state index in [9.17, 15) is 9.59 Å². The van der Waals surface area contributed by atoms with Gasteiger partial charge >= 0.3 is 0 Å². The standard InChI is InChI=1S/C23H21NO3/c1-27-22-15-9-8-14-19(22)24-20(23(26)18-12-6-3-7-13-18)16-21(25)17-10-4-2-5-11-17/h2-15,20,24H,16H2,1H3. The molecular formula is C23H21NO3. The van der Waals surface area contributed by atoms with Crippen LogP contribution >= 0.6 is 0 Å². The van der Waals surface area contributed by atoms with Crippen LogP contribution in [0.3, 0.4) is 0 Å². The van der Waals surface area contributed by atoms with Gasteiger partial charge < -0.3 is 10.1 Å². The number of nitrogens with one attached hydrogen (secondary N) is 1. The normalized spacial score (nSPS) is 11.4. The van der Waals surface area contributed by atoms with Gasteiger partial charge in [-0.15, -0.1) is 0 Å². The molecule has 4 heteroatoms. The molecule has 4 nitrogen and oxygen atoms in total. The second-order valence-corrected chi connectivity index (χ2v) is 6.12. The molecule has 0 aromatic heterocycles. The summed E-state index contributed by atoms with van der Waals surface area (Å²) in [7, 11) is 1.57. The number of ketones is 2. The highest BCUT2D eigenvalue weighted by molar-refractivity contribution is 6.06. The van der Waals surface area contributed by atoms with E-state index in [-0.39, 0.29) is 18.0 Å². The molecule has 0 fully saturated rings. The fourth-order valence-corrected chi connectivity index (χ4v) is 2.89. The number of benzene rings is 3. The van der Waals surface area contributed by atoms with Crippen molar-refractivity contribution in [2.24, 2.45) is 0 Å². The molecule has 27 heavy (non-hydrogen) atoms. The molecule has 0 aliphatic heterocycles. The first-order valence-electron chi connectivity index (χ1n) is 8.76. The van der Waals surface area contributed by atoms with Crippen molar-refractivity contribution in [3.05, 3.63) is 96.1 Å². The molecule has 0 bridgehead atoms. The van der Waals surface area contributed by atoms with Crippen molar-refractivity contribution in [3.63, 3.8) is 0 Å². The van der Waals surface area contributed by atoms with Crippen LogP contribution in [0.15, 0.2) is 84.9 Å². The number of methoxy groups -OCH3 is 1. The maximum absolute atomic E-state index is 13.1. The van der Waals surface area contributed by atoms with E-state index in [1.165, 1.54) is 0 Å². The highest BCUT2D eigenvalue weighted by atomic mass is 16.5. The SMILES string of the molecule is COc1ccccc1NC(CC(=O)c1ccccc1)C(=O)c1ccccc1. The lowest BCUT2D eigenvalue weighted by Gasteiger charge is -2.20. The number of carbonyl (C=O) groups is 2. The second kappa shape index (κ2) is 8.81. The van der Waals surface area contributed by atoms with Gasteiger partial charge in [0.05, 0.1) is 18.8 Å². The van der Waals surface area contributed by atoms with E-state index >= 15 is 0 Å². The predicted molar refractivity (Wildman–Crippen MR) is 107 cm³/mol. The van der Waals surface area contributed by atoms with Gasteiger partial charge in [0, 0.05) is 17.5 Å². The van der Waals surface area contributed by atoms with Crippen molar-refractivity contribution < 1.29 is 14.3 Å². The average Bonchev–Trinajstić information content (AvgIpc) is 2.74. The van der Waals surface area contributed by atoms with E-state index in [2.05, 4.69) is 5.32 Å². The van der Waals surface area contributed by atoms with Crippen LogP contribution in [-0.2, 0) is 0 Å². The Labute approximate surface area is 158 Å². The quantitative estimate of drug-likeness (QED) is 0.596. The Morgan fingerprint density at radius 3 is 2.00 bits per heavy atom. The zero-order chi connectivity index (χ0) is 19.1. The molecule has 0 spiro atoms. The summed E-state index contributed by atoms with van der Waals surface area (Å²) in [5.41, 5.74) is 1.83. The summed E-state index contributed by atoms with van der Waals surface area (Å²) < 4.78 is 5.36. The molecule has 0 aliphatic carbocycles. The molecular weight excluding hydrogens is 338 g/mol. The summed E-state index contributed by atoms with van der Waals surface area (Å²) in [6.45, 7) is 0. The lowest BCUT2D eigenvalue weighted by molar-refractivity contribution is 0.0904. The van der Waals surface area contributed by atoms with Gasteiger partial charge in [0.25, 0.3) is 0 Å². The number of hydrogen-bond acceptors (Lipinski definition) is 4. The summed E-state index contributed by atoms with van der Waals surface area (Å²) in [6.07, 6.45) is 0.0514. The van der Waals surface area contributed by atoms with Gasteiger partial charge in [-0.2, -0.15) is 0 Å². The van der Waals surface area contributed by atoms with Gasteiger partial charge in [0.15, 0.2) is 11.6 Å². The Bertz CT molecular complexity index is 907. The highest BCUT2D eigenvalue weighted by Gasteiger charge is 2.24. The van der Waals surface area contributed by atoms with Crippen molar-refractivity contribution in [3.8, 4) is 5.75 Å². The molecule has 1 unspecified atom stereocenters. The van der Waals surface area contributed by atoms with Crippen molar-refractivity contribution in [2.75, 3.05) is 12.4 Å².